The SMILES string of the molecule is CCCNC(=O)C1(NCc2cnc3nc(C)cc(C)n23)CCCCC1. The molecule has 1 saturated carbocycles. The molecule has 0 bridgehead atoms. The molecular weight excluding hydrogens is 314 g/mol. The van der Waals surface area contributed by atoms with Crippen LogP contribution in [0.1, 0.15) is 62.5 Å². The highest BCUT2D eigenvalue weighted by Gasteiger charge is 2.38. The van der Waals surface area contributed by atoms with E-state index < -0.39 is 5.54 Å². The Kier molecular flexibility index (Phi) is 5.37. The molecule has 2 N–H and O–H groups in total. The van der Waals surface area contributed by atoms with Crippen LogP contribution in [0.3, 0.4) is 0 Å². The number of carbonyl (C=O) groups is 1. The molecule has 2 heterocycles. The van der Waals surface area contributed by atoms with Gasteiger partial charge >= 0.3 is 0 Å². The summed E-state index contributed by atoms with van der Waals surface area (Å²) in [6, 6.07) is 2.06. The highest BCUT2D eigenvalue weighted by molar-refractivity contribution is 5.86. The Labute approximate surface area is 149 Å². The van der Waals surface area contributed by atoms with Crippen molar-refractivity contribution in [2.45, 2.75) is 71.4 Å². The summed E-state index contributed by atoms with van der Waals surface area (Å²) in [5, 5.41) is 6.67. The first-order valence-corrected chi connectivity index (χ1v) is 9.39. The zero-order valence-corrected chi connectivity index (χ0v) is 15.6. The number of carbonyl (C=O) groups excluding carboxylic acids is 1. The van der Waals surface area contributed by atoms with Gasteiger partial charge in [-0.2, -0.15) is 0 Å². The van der Waals surface area contributed by atoms with E-state index in [4.69, 9.17) is 0 Å². The Morgan fingerprint density at radius 3 is 2.76 bits per heavy atom. The van der Waals surface area contributed by atoms with Gasteiger partial charge in [0.2, 0.25) is 11.7 Å². The Bertz CT molecular complexity index is 746. The fourth-order valence-corrected chi connectivity index (χ4v) is 3.83. The van der Waals surface area contributed by atoms with Crippen LogP contribution in [0.5, 0.6) is 0 Å². The Balaban J connectivity index is 1.80. The zero-order valence-electron chi connectivity index (χ0n) is 15.6. The molecule has 0 unspecified atom stereocenters. The second kappa shape index (κ2) is 7.52. The summed E-state index contributed by atoms with van der Waals surface area (Å²) >= 11 is 0. The Hall–Kier alpha value is -1.95. The third-order valence-electron chi connectivity index (χ3n) is 5.15. The van der Waals surface area contributed by atoms with Crippen LogP contribution in [0.4, 0.5) is 0 Å². The summed E-state index contributed by atoms with van der Waals surface area (Å²) in [4.78, 5) is 21.7. The van der Waals surface area contributed by atoms with Crippen LogP contribution in [0.25, 0.3) is 5.78 Å². The van der Waals surface area contributed by atoms with E-state index in [2.05, 4.69) is 44.9 Å². The van der Waals surface area contributed by atoms with Gasteiger partial charge in [-0.3, -0.25) is 14.5 Å². The fraction of sp³-hybridized carbons (Fsp3) is 0.632. The van der Waals surface area contributed by atoms with Gasteiger partial charge < -0.3 is 5.32 Å². The van der Waals surface area contributed by atoms with Crippen molar-refractivity contribution in [1.29, 1.82) is 0 Å². The number of amides is 1. The summed E-state index contributed by atoms with van der Waals surface area (Å²) in [7, 11) is 0. The van der Waals surface area contributed by atoms with E-state index in [0.29, 0.717) is 6.54 Å². The van der Waals surface area contributed by atoms with Gasteiger partial charge in [0.15, 0.2) is 0 Å². The van der Waals surface area contributed by atoms with Crippen LogP contribution >= 0.6 is 0 Å². The number of aryl methyl sites for hydroxylation is 2. The molecule has 1 fully saturated rings. The predicted molar refractivity (Wildman–Crippen MR) is 98.4 cm³/mol. The predicted octanol–water partition coefficient (Wildman–Crippen LogP) is 2.66. The lowest BCUT2D eigenvalue weighted by atomic mass is 9.80. The minimum Gasteiger partial charge on any atom is -0.355 e. The molecule has 2 aromatic heterocycles. The van der Waals surface area contributed by atoms with Crippen molar-refractivity contribution in [3.05, 3.63) is 29.3 Å². The zero-order chi connectivity index (χ0) is 17.9. The van der Waals surface area contributed by atoms with Crippen molar-refractivity contribution in [1.82, 2.24) is 25.0 Å². The number of nitrogens with one attached hydrogen (secondary N) is 2. The second-order valence-corrected chi connectivity index (χ2v) is 7.18. The number of imidazole rings is 1. The first kappa shape index (κ1) is 17.9. The maximum absolute atomic E-state index is 12.8. The van der Waals surface area contributed by atoms with E-state index >= 15 is 0 Å². The van der Waals surface area contributed by atoms with Gasteiger partial charge in [-0.05, 0) is 39.2 Å². The average molecular weight is 343 g/mol. The summed E-state index contributed by atoms with van der Waals surface area (Å²) in [6.07, 6.45) is 8.02. The van der Waals surface area contributed by atoms with Crippen molar-refractivity contribution in [3.8, 4) is 0 Å². The molecule has 0 radical (unpaired) electrons. The van der Waals surface area contributed by atoms with Gasteiger partial charge in [-0.15, -0.1) is 0 Å². The van der Waals surface area contributed by atoms with E-state index in [-0.39, 0.29) is 5.91 Å². The molecule has 1 amide bonds. The Morgan fingerprint density at radius 2 is 2.04 bits per heavy atom. The molecular formula is C19H29N5O. The van der Waals surface area contributed by atoms with Gasteiger partial charge in [0, 0.05) is 24.5 Å². The van der Waals surface area contributed by atoms with Gasteiger partial charge in [-0.1, -0.05) is 26.2 Å². The van der Waals surface area contributed by atoms with Crippen molar-refractivity contribution in [2.75, 3.05) is 6.54 Å². The lowest BCUT2D eigenvalue weighted by Crippen LogP contribution is -2.57. The monoisotopic (exact) mass is 343 g/mol. The van der Waals surface area contributed by atoms with E-state index in [1.807, 2.05) is 13.1 Å². The molecule has 3 rings (SSSR count). The molecule has 6 nitrogen and oxygen atoms in total. The van der Waals surface area contributed by atoms with Crippen LogP contribution in [-0.4, -0.2) is 32.4 Å². The van der Waals surface area contributed by atoms with Crippen molar-refractivity contribution >= 4 is 11.7 Å². The lowest BCUT2D eigenvalue weighted by Gasteiger charge is -2.36. The van der Waals surface area contributed by atoms with Crippen LogP contribution < -0.4 is 10.6 Å². The van der Waals surface area contributed by atoms with Gasteiger partial charge in [0.05, 0.1) is 17.4 Å². The lowest BCUT2D eigenvalue weighted by molar-refractivity contribution is -0.129. The normalized spacial score (nSPS) is 16.9. The first-order valence-electron chi connectivity index (χ1n) is 9.39. The molecule has 25 heavy (non-hydrogen) atoms. The largest absolute Gasteiger partial charge is 0.355 e. The van der Waals surface area contributed by atoms with Gasteiger partial charge in [0.25, 0.3) is 0 Å². The fourth-order valence-electron chi connectivity index (χ4n) is 3.83. The molecule has 6 heteroatoms. The third-order valence-corrected chi connectivity index (χ3v) is 5.15. The number of fused-ring (bicyclic) bond motifs is 1. The molecule has 1 aliphatic carbocycles. The van der Waals surface area contributed by atoms with Gasteiger partial charge in [-0.25, -0.2) is 9.97 Å². The molecule has 2 aromatic rings. The van der Waals surface area contributed by atoms with Crippen molar-refractivity contribution in [3.63, 3.8) is 0 Å². The van der Waals surface area contributed by atoms with Crippen LogP contribution in [0.2, 0.25) is 0 Å². The quantitative estimate of drug-likeness (QED) is 0.846. The smallest absolute Gasteiger partial charge is 0.240 e. The Morgan fingerprint density at radius 1 is 1.28 bits per heavy atom. The molecule has 0 atom stereocenters. The highest BCUT2D eigenvalue weighted by Crippen LogP contribution is 2.29. The number of hydrogen-bond donors (Lipinski definition) is 2. The summed E-state index contributed by atoms with van der Waals surface area (Å²) in [6.45, 7) is 7.48. The van der Waals surface area contributed by atoms with Crippen molar-refractivity contribution < 1.29 is 4.79 Å². The summed E-state index contributed by atoms with van der Waals surface area (Å²) in [5.74, 6) is 0.871. The van der Waals surface area contributed by atoms with Gasteiger partial charge in [0.1, 0.15) is 0 Å². The molecule has 0 saturated heterocycles. The van der Waals surface area contributed by atoms with E-state index in [9.17, 15) is 4.79 Å². The van der Waals surface area contributed by atoms with Crippen LogP contribution in [0, 0.1) is 13.8 Å². The topological polar surface area (TPSA) is 71.3 Å². The number of hydrogen-bond acceptors (Lipinski definition) is 4. The minimum atomic E-state index is -0.455. The van der Waals surface area contributed by atoms with Crippen LogP contribution in [-0.2, 0) is 11.3 Å². The third kappa shape index (κ3) is 3.68. The van der Waals surface area contributed by atoms with Crippen molar-refractivity contribution in [2.24, 2.45) is 0 Å². The van der Waals surface area contributed by atoms with Crippen LogP contribution in [0.15, 0.2) is 12.3 Å². The summed E-state index contributed by atoms with van der Waals surface area (Å²) in [5.41, 5.74) is 2.68. The second-order valence-electron chi connectivity index (χ2n) is 7.18. The maximum atomic E-state index is 12.8. The molecule has 136 valence electrons. The number of rotatable bonds is 6. The molecule has 0 aromatic carbocycles. The standard InChI is InChI=1S/C19H29N5O/c1-4-10-20-17(25)19(8-6-5-7-9-19)22-13-16-12-21-18-23-14(2)11-15(3)24(16)18/h11-12,22H,4-10,13H2,1-3H3,(H,20,25). The summed E-state index contributed by atoms with van der Waals surface area (Å²) < 4.78 is 2.07. The molecule has 0 spiro atoms. The van der Waals surface area contributed by atoms with E-state index in [1.165, 1.54) is 6.42 Å². The number of aromatic nitrogens is 3. The maximum Gasteiger partial charge on any atom is 0.240 e. The number of nitrogens with zero attached hydrogens (tertiary/aromatic N) is 3. The molecule has 1 aliphatic rings. The molecule has 0 aliphatic heterocycles. The minimum absolute atomic E-state index is 0.147. The highest BCUT2D eigenvalue weighted by atomic mass is 16.2. The van der Waals surface area contributed by atoms with E-state index in [0.717, 1.165) is 61.5 Å². The average Bonchev–Trinajstić information content (AvgIpc) is 3.01. The van der Waals surface area contributed by atoms with E-state index in [1.54, 1.807) is 0 Å². The first-order chi connectivity index (χ1) is 12.1.